The third-order valence-corrected chi connectivity index (χ3v) is 6.11. The molecule has 32 heavy (non-hydrogen) atoms. The van der Waals surface area contributed by atoms with Crippen LogP contribution in [0.4, 0.5) is 10.9 Å². The lowest BCUT2D eigenvalue weighted by Crippen LogP contribution is -2.18. The molecule has 162 valence electrons. The fourth-order valence-corrected chi connectivity index (χ4v) is 4.58. The molecule has 2 aromatic heterocycles. The number of aromatic nitrogens is 2. The number of anilines is 2. The van der Waals surface area contributed by atoms with Gasteiger partial charge in [-0.15, -0.1) is 11.3 Å². The van der Waals surface area contributed by atoms with Gasteiger partial charge in [0.25, 0.3) is 5.91 Å². The van der Waals surface area contributed by atoms with Crippen molar-refractivity contribution in [3.63, 3.8) is 0 Å². The maximum Gasteiger partial charge on any atom is 0.256 e. The molecule has 0 aliphatic carbocycles. The largest absolute Gasteiger partial charge is 0.343 e. The van der Waals surface area contributed by atoms with Gasteiger partial charge < -0.3 is 10.6 Å². The molecule has 2 aromatic carbocycles. The molecule has 5 nitrogen and oxygen atoms in total. The molecule has 0 spiro atoms. The summed E-state index contributed by atoms with van der Waals surface area (Å²) >= 11 is 1.57. The summed E-state index contributed by atoms with van der Waals surface area (Å²) in [6.07, 6.45) is 0. The van der Waals surface area contributed by atoms with E-state index in [0.29, 0.717) is 11.5 Å². The van der Waals surface area contributed by atoms with Crippen molar-refractivity contribution < 1.29 is 4.79 Å². The second-order valence-electron chi connectivity index (χ2n) is 7.92. The molecule has 0 saturated heterocycles. The Bertz CT molecular complexity index is 1210. The third-order valence-electron chi connectivity index (χ3n) is 5.12. The minimum absolute atomic E-state index is 0.126. The third kappa shape index (κ3) is 5.03. The lowest BCUT2D eigenvalue weighted by atomic mass is 9.99. The lowest BCUT2D eigenvalue weighted by molar-refractivity contribution is 0.102. The van der Waals surface area contributed by atoms with E-state index in [4.69, 9.17) is 0 Å². The van der Waals surface area contributed by atoms with Gasteiger partial charge in [-0.3, -0.25) is 4.79 Å². The van der Waals surface area contributed by atoms with Crippen LogP contribution in [0.15, 0.2) is 66.7 Å². The molecule has 0 aliphatic rings. The van der Waals surface area contributed by atoms with Crippen LogP contribution in [-0.4, -0.2) is 15.9 Å². The zero-order valence-corrected chi connectivity index (χ0v) is 19.5. The van der Waals surface area contributed by atoms with Crippen LogP contribution in [0.2, 0.25) is 0 Å². The van der Waals surface area contributed by atoms with Gasteiger partial charge in [-0.2, -0.15) is 0 Å². The Labute approximate surface area is 192 Å². The monoisotopic (exact) mass is 442 g/mol. The number of thiophene rings is 1. The summed E-state index contributed by atoms with van der Waals surface area (Å²) in [7, 11) is 0. The quantitative estimate of drug-likeness (QED) is 0.372. The zero-order valence-electron chi connectivity index (χ0n) is 18.6. The number of hydrogen-bond donors (Lipinski definition) is 2. The number of amides is 1. The van der Waals surface area contributed by atoms with Crippen molar-refractivity contribution in [2.75, 3.05) is 10.6 Å². The number of nitrogens with one attached hydrogen (secondary N) is 2. The van der Waals surface area contributed by atoms with E-state index in [2.05, 4.69) is 57.9 Å². The van der Waals surface area contributed by atoms with Crippen LogP contribution in [0, 0.1) is 27.7 Å². The Hall–Kier alpha value is -3.51. The first-order chi connectivity index (χ1) is 15.4. The first-order valence-electron chi connectivity index (χ1n) is 10.5. The second-order valence-corrected chi connectivity index (χ2v) is 9.18. The number of nitrogens with zero attached hydrogens (tertiary/aromatic N) is 2. The first kappa shape index (κ1) is 21.7. The van der Waals surface area contributed by atoms with E-state index in [-0.39, 0.29) is 11.9 Å². The van der Waals surface area contributed by atoms with Crippen molar-refractivity contribution in [1.82, 2.24) is 9.97 Å². The lowest BCUT2D eigenvalue weighted by Gasteiger charge is -2.21. The predicted molar refractivity (Wildman–Crippen MR) is 132 cm³/mol. The van der Waals surface area contributed by atoms with Crippen LogP contribution in [0.25, 0.3) is 0 Å². The van der Waals surface area contributed by atoms with E-state index in [1.165, 1.54) is 5.56 Å². The molecule has 6 heteroatoms. The normalized spacial score (nSPS) is 11.8. The van der Waals surface area contributed by atoms with Crippen molar-refractivity contribution >= 4 is 28.2 Å². The highest BCUT2D eigenvalue weighted by Gasteiger charge is 2.23. The zero-order chi connectivity index (χ0) is 22.7. The summed E-state index contributed by atoms with van der Waals surface area (Å²) in [5.74, 6) is 0.441. The van der Waals surface area contributed by atoms with Gasteiger partial charge in [0, 0.05) is 27.4 Å². The molecular formula is C26H26N4OS. The van der Waals surface area contributed by atoms with Crippen LogP contribution in [-0.2, 0) is 0 Å². The molecule has 0 unspecified atom stereocenters. The standard InChI is InChI=1S/C26H26N4OS/c1-16-10-12-20(13-11-16)23(29-26-27-17(2)14-18(3)28-26)22-15-19(4)32-25(22)30-24(31)21-8-6-5-7-9-21/h5-15,23H,1-4H3,(H,30,31)(H,27,28,29)/t23-/m1/s1. The maximum absolute atomic E-state index is 12.9. The molecule has 0 aliphatic heterocycles. The first-order valence-corrected chi connectivity index (χ1v) is 11.3. The minimum atomic E-state index is -0.215. The van der Waals surface area contributed by atoms with Gasteiger partial charge in [-0.05, 0) is 57.5 Å². The van der Waals surface area contributed by atoms with Crippen LogP contribution < -0.4 is 10.6 Å². The highest BCUT2D eigenvalue weighted by molar-refractivity contribution is 7.16. The molecule has 0 bridgehead atoms. The van der Waals surface area contributed by atoms with E-state index >= 15 is 0 Å². The van der Waals surface area contributed by atoms with Crippen molar-refractivity contribution in [2.45, 2.75) is 33.7 Å². The van der Waals surface area contributed by atoms with Crippen LogP contribution in [0.5, 0.6) is 0 Å². The van der Waals surface area contributed by atoms with Gasteiger partial charge in [0.2, 0.25) is 5.95 Å². The smallest absolute Gasteiger partial charge is 0.256 e. The van der Waals surface area contributed by atoms with Gasteiger partial charge in [0.05, 0.1) is 6.04 Å². The molecule has 0 fully saturated rings. The van der Waals surface area contributed by atoms with E-state index in [1.807, 2.05) is 57.2 Å². The fourth-order valence-electron chi connectivity index (χ4n) is 3.63. The minimum Gasteiger partial charge on any atom is -0.343 e. The molecule has 4 rings (SSSR count). The average Bonchev–Trinajstić information content (AvgIpc) is 3.12. The molecule has 2 N–H and O–H groups in total. The Morgan fingerprint density at radius 3 is 2.19 bits per heavy atom. The average molecular weight is 443 g/mol. The fraction of sp³-hybridized carbons (Fsp3) is 0.192. The van der Waals surface area contributed by atoms with E-state index in [9.17, 15) is 4.79 Å². The van der Waals surface area contributed by atoms with Crippen LogP contribution >= 0.6 is 11.3 Å². The highest BCUT2D eigenvalue weighted by Crippen LogP contribution is 2.37. The van der Waals surface area contributed by atoms with Crippen molar-refractivity contribution in [3.05, 3.63) is 105 Å². The highest BCUT2D eigenvalue weighted by atomic mass is 32.1. The van der Waals surface area contributed by atoms with Crippen LogP contribution in [0.1, 0.15) is 49.4 Å². The number of aryl methyl sites for hydroxylation is 4. The predicted octanol–water partition coefficient (Wildman–Crippen LogP) is 6.23. The van der Waals surface area contributed by atoms with Gasteiger partial charge in [-0.1, -0.05) is 48.0 Å². The number of carbonyl (C=O) groups is 1. The number of hydrogen-bond acceptors (Lipinski definition) is 5. The van der Waals surface area contributed by atoms with Crippen molar-refractivity contribution in [1.29, 1.82) is 0 Å². The summed E-state index contributed by atoms with van der Waals surface area (Å²) in [6, 6.07) is 21.5. The van der Waals surface area contributed by atoms with Gasteiger partial charge in [0.15, 0.2) is 0 Å². The Morgan fingerprint density at radius 2 is 1.53 bits per heavy atom. The molecule has 1 amide bonds. The van der Waals surface area contributed by atoms with Gasteiger partial charge in [-0.25, -0.2) is 9.97 Å². The second kappa shape index (κ2) is 9.32. The van der Waals surface area contributed by atoms with Crippen LogP contribution in [0.3, 0.4) is 0 Å². The summed E-state index contributed by atoms with van der Waals surface area (Å²) in [4.78, 5) is 23.2. The van der Waals surface area contributed by atoms with Gasteiger partial charge in [0.1, 0.15) is 5.00 Å². The molecular weight excluding hydrogens is 416 g/mol. The summed E-state index contributed by atoms with van der Waals surface area (Å²) in [6.45, 7) is 8.04. The summed E-state index contributed by atoms with van der Waals surface area (Å²) in [5, 5.41) is 7.45. The molecule has 1 atom stereocenters. The topological polar surface area (TPSA) is 66.9 Å². The maximum atomic E-state index is 12.9. The molecule has 2 heterocycles. The molecule has 0 radical (unpaired) electrons. The SMILES string of the molecule is Cc1ccc([C@@H](Nc2nc(C)cc(C)n2)c2cc(C)sc2NC(=O)c2ccccc2)cc1. The number of rotatable bonds is 6. The van der Waals surface area contributed by atoms with Crippen molar-refractivity contribution in [2.24, 2.45) is 0 Å². The number of benzene rings is 2. The van der Waals surface area contributed by atoms with Crippen molar-refractivity contribution in [3.8, 4) is 0 Å². The number of carbonyl (C=O) groups excluding carboxylic acids is 1. The Balaban J connectivity index is 1.74. The molecule has 4 aromatic rings. The van der Waals surface area contributed by atoms with E-state index < -0.39 is 0 Å². The molecule has 0 saturated carbocycles. The Kier molecular flexibility index (Phi) is 6.32. The summed E-state index contributed by atoms with van der Waals surface area (Å²) < 4.78 is 0. The Morgan fingerprint density at radius 1 is 0.875 bits per heavy atom. The van der Waals surface area contributed by atoms with Gasteiger partial charge >= 0.3 is 0 Å². The van der Waals surface area contributed by atoms with E-state index in [0.717, 1.165) is 32.4 Å². The van der Waals surface area contributed by atoms with E-state index in [1.54, 1.807) is 11.3 Å². The summed E-state index contributed by atoms with van der Waals surface area (Å²) in [5.41, 5.74) is 5.69.